The average molecular weight is 572 g/mol. The largest absolute Gasteiger partial charge is 0.550 e. The van der Waals surface area contributed by atoms with Gasteiger partial charge in [-0.3, -0.25) is 4.79 Å². The molecule has 3 N–H and O–H groups in total. The number of thiazole rings is 1. The molecule has 0 fully saturated rings. The first-order valence-electron chi connectivity index (χ1n) is 13.4. The Kier molecular flexibility index (Phi) is 9.62. The number of methoxy groups -OCH3 is 1. The summed E-state index contributed by atoms with van der Waals surface area (Å²) in [6, 6.07) is 11.3. The van der Waals surface area contributed by atoms with Crippen LogP contribution in [0.2, 0.25) is 0 Å². The number of aromatic nitrogens is 1. The maximum absolute atomic E-state index is 13.3. The molecule has 3 aromatic rings. The molecule has 1 aromatic heterocycles. The van der Waals surface area contributed by atoms with E-state index in [4.69, 9.17) is 9.47 Å². The number of benzene rings is 2. The molecule has 1 aliphatic carbocycles. The van der Waals surface area contributed by atoms with Crippen molar-refractivity contribution in [2.45, 2.75) is 32.2 Å². The molecule has 0 saturated heterocycles. The van der Waals surface area contributed by atoms with Crippen LogP contribution in [0.25, 0.3) is 10.2 Å². The molecule has 1 amide bonds. The van der Waals surface area contributed by atoms with Crippen molar-refractivity contribution in [3.8, 4) is 11.5 Å². The van der Waals surface area contributed by atoms with Crippen LogP contribution in [0, 0.1) is 5.41 Å². The summed E-state index contributed by atoms with van der Waals surface area (Å²) in [6.45, 7) is 2.59. The standard InChI is InChI=1S/C29H37N3O7S/c1-32(9-11-33,10-12-34)8-5-13-39-24-14-22-25(15-23(24)38-2)40-26(31-22)19-30-28(37)29(18-27(35)36)16-20-6-3-4-7-21(20)17-29/h3-4,6-7,14-15,33-34H,5,8-13,16-19H2,1-2H3,(H-,30,35,36,37). The van der Waals surface area contributed by atoms with Gasteiger partial charge in [0.1, 0.15) is 18.1 Å². The van der Waals surface area contributed by atoms with Gasteiger partial charge in [-0.15, -0.1) is 11.3 Å². The van der Waals surface area contributed by atoms with Crippen molar-refractivity contribution >= 4 is 33.4 Å². The fraction of sp³-hybridized carbons (Fsp3) is 0.483. The lowest BCUT2D eigenvalue weighted by Crippen LogP contribution is -2.49. The molecule has 0 saturated carbocycles. The van der Waals surface area contributed by atoms with E-state index in [9.17, 15) is 24.9 Å². The first-order valence-corrected chi connectivity index (χ1v) is 14.2. The predicted molar refractivity (Wildman–Crippen MR) is 149 cm³/mol. The van der Waals surface area contributed by atoms with Crippen LogP contribution in [-0.2, 0) is 29.0 Å². The summed E-state index contributed by atoms with van der Waals surface area (Å²) in [5, 5.41) is 33.8. The van der Waals surface area contributed by atoms with E-state index in [1.165, 1.54) is 11.3 Å². The highest BCUT2D eigenvalue weighted by Gasteiger charge is 2.43. The normalized spacial score (nSPS) is 14.2. The lowest BCUT2D eigenvalue weighted by molar-refractivity contribution is -0.910. The third-order valence-electron chi connectivity index (χ3n) is 7.64. The topological polar surface area (TPSA) is 141 Å². The summed E-state index contributed by atoms with van der Waals surface area (Å²) >= 11 is 1.42. The lowest BCUT2D eigenvalue weighted by Gasteiger charge is -2.33. The molecule has 4 rings (SSSR count). The zero-order valence-corrected chi connectivity index (χ0v) is 23.8. The van der Waals surface area contributed by atoms with E-state index < -0.39 is 11.4 Å². The number of carbonyl (C=O) groups is 2. The van der Waals surface area contributed by atoms with Crippen LogP contribution in [0.5, 0.6) is 11.5 Å². The summed E-state index contributed by atoms with van der Waals surface area (Å²) in [6.07, 6.45) is 1.10. The van der Waals surface area contributed by atoms with Gasteiger partial charge >= 0.3 is 0 Å². The molecule has 1 heterocycles. The van der Waals surface area contributed by atoms with Gasteiger partial charge in [0.2, 0.25) is 5.91 Å². The third-order valence-corrected chi connectivity index (χ3v) is 8.66. The van der Waals surface area contributed by atoms with Crippen molar-refractivity contribution in [3.05, 3.63) is 52.5 Å². The fourth-order valence-electron chi connectivity index (χ4n) is 5.46. The molecule has 0 bridgehead atoms. The SMILES string of the molecule is COc1cc2sc(CNC(=O)C3(CC(=O)[O-])Cc4ccccc4C3)nc2cc1OCCC[N+](C)(CCO)CCO. The van der Waals surface area contributed by atoms with Crippen LogP contribution in [0.15, 0.2) is 36.4 Å². The maximum atomic E-state index is 13.3. The van der Waals surface area contributed by atoms with Crippen LogP contribution >= 0.6 is 11.3 Å². The number of likely N-dealkylation sites (N-methyl/N-ethyl adjacent to an activating group) is 1. The van der Waals surface area contributed by atoms with Crippen LogP contribution < -0.4 is 19.9 Å². The van der Waals surface area contributed by atoms with Crippen molar-refractivity contribution in [3.63, 3.8) is 0 Å². The van der Waals surface area contributed by atoms with Crippen molar-refractivity contribution in [2.24, 2.45) is 5.41 Å². The first-order chi connectivity index (χ1) is 19.2. The van der Waals surface area contributed by atoms with E-state index in [0.717, 1.165) is 28.8 Å². The third kappa shape index (κ3) is 6.90. The highest BCUT2D eigenvalue weighted by atomic mass is 32.1. The number of nitrogens with one attached hydrogen (secondary N) is 1. The molecule has 0 spiro atoms. The van der Waals surface area contributed by atoms with Crippen molar-refractivity contribution in [1.29, 1.82) is 0 Å². The first kappa shape index (κ1) is 29.7. The Morgan fingerprint density at radius 2 is 1.77 bits per heavy atom. The number of carboxylic acid groups (broad SMARTS) is 1. The molecule has 216 valence electrons. The molecule has 0 aliphatic heterocycles. The minimum atomic E-state index is -1.24. The molecule has 2 aromatic carbocycles. The Labute approximate surface area is 237 Å². The molecule has 40 heavy (non-hydrogen) atoms. The number of amides is 1. The van der Waals surface area contributed by atoms with Gasteiger partial charge in [0.25, 0.3) is 0 Å². The van der Waals surface area contributed by atoms with E-state index in [0.29, 0.717) is 59.0 Å². The molecule has 10 nitrogen and oxygen atoms in total. The Balaban J connectivity index is 1.41. The molecule has 0 unspecified atom stereocenters. The van der Waals surface area contributed by atoms with Gasteiger partial charge < -0.3 is 39.4 Å². The van der Waals surface area contributed by atoms with E-state index in [-0.39, 0.29) is 32.1 Å². The predicted octanol–water partition coefficient (Wildman–Crippen LogP) is 1.05. The molecular weight excluding hydrogens is 534 g/mol. The number of carbonyl (C=O) groups excluding carboxylic acids is 2. The minimum absolute atomic E-state index is 0.0554. The molecule has 0 radical (unpaired) electrons. The van der Waals surface area contributed by atoms with E-state index in [1.54, 1.807) is 7.11 Å². The summed E-state index contributed by atoms with van der Waals surface area (Å²) in [4.78, 5) is 29.5. The number of ether oxygens (including phenoxy) is 2. The van der Waals surface area contributed by atoms with Crippen molar-refractivity contribution in [1.82, 2.24) is 10.3 Å². The summed E-state index contributed by atoms with van der Waals surface area (Å²) in [5.74, 6) is -0.424. The number of quaternary nitrogens is 1. The fourth-order valence-corrected chi connectivity index (χ4v) is 6.38. The van der Waals surface area contributed by atoms with Gasteiger partial charge in [-0.1, -0.05) is 24.3 Å². The van der Waals surface area contributed by atoms with Gasteiger partial charge in [-0.25, -0.2) is 4.98 Å². The van der Waals surface area contributed by atoms with Gasteiger partial charge in [0.05, 0.1) is 62.7 Å². The van der Waals surface area contributed by atoms with E-state index >= 15 is 0 Å². The molecular formula is C29H37N3O7S. The number of hydrogen-bond acceptors (Lipinski definition) is 9. The monoisotopic (exact) mass is 571 g/mol. The molecule has 11 heteroatoms. The van der Waals surface area contributed by atoms with E-state index in [2.05, 4.69) is 10.3 Å². The quantitative estimate of drug-likeness (QED) is 0.182. The summed E-state index contributed by atoms with van der Waals surface area (Å²) < 4.78 is 13.0. The Bertz CT molecular complexity index is 1310. The van der Waals surface area contributed by atoms with Crippen molar-refractivity contribution in [2.75, 3.05) is 53.6 Å². The van der Waals surface area contributed by atoms with Crippen LogP contribution in [0.4, 0.5) is 0 Å². The van der Waals surface area contributed by atoms with E-state index in [1.807, 2.05) is 43.4 Å². The van der Waals surface area contributed by atoms with Crippen LogP contribution in [0.3, 0.4) is 0 Å². The maximum Gasteiger partial charge on any atom is 0.227 e. The van der Waals surface area contributed by atoms with Gasteiger partial charge in [-0.2, -0.15) is 0 Å². The molecule has 1 aliphatic rings. The summed E-state index contributed by atoms with van der Waals surface area (Å²) in [7, 11) is 3.57. The zero-order valence-electron chi connectivity index (χ0n) is 23.0. The number of carboxylic acids is 1. The number of aliphatic hydroxyl groups is 2. The number of hydrogen-bond donors (Lipinski definition) is 3. The van der Waals surface area contributed by atoms with Gasteiger partial charge in [0, 0.05) is 30.9 Å². The summed E-state index contributed by atoms with van der Waals surface area (Å²) in [5.41, 5.74) is 1.61. The number of rotatable bonds is 15. The highest BCUT2D eigenvalue weighted by molar-refractivity contribution is 7.18. The number of nitrogens with zero attached hydrogens (tertiary/aromatic N) is 2. The number of aliphatic carboxylic acids is 1. The number of aliphatic hydroxyl groups excluding tert-OH is 2. The van der Waals surface area contributed by atoms with Crippen LogP contribution in [-0.4, -0.2) is 85.2 Å². The van der Waals surface area contributed by atoms with Crippen molar-refractivity contribution < 1.29 is 38.9 Å². The minimum Gasteiger partial charge on any atom is -0.550 e. The van der Waals surface area contributed by atoms with Gasteiger partial charge in [-0.05, 0) is 24.0 Å². The second-order valence-electron chi connectivity index (χ2n) is 10.7. The molecule has 0 atom stereocenters. The smallest absolute Gasteiger partial charge is 0.227 e. The lowest BCUT2D eigenvalue weighted by atomic mass is 9.80. The second-order valence-corrected chi connectivity index (χ2v) is 11.8. The average Bonchev–Trinajstić information content (AvgIpc) is 3.49. The second kappa shape index (κ2) is 12.9. The van der Waals surface area contributed by atoms with Crippen LogP contribution in [0.1, 0.15) is 29.0 Å². The Morgan fingerprint density at radius 1 is 1.10 bits per heavy atom. The number of fused-ring (bicyclic) bond motifs is 2. The Morgan fingerprint density at radius 3 is 2.38 bits per heavy atom. The zero-order chi connectivity index (χ0) is 28.8. The highest BCUT2D eigenvalue weighted by Crippen LogP contribution is 2.40. The van der Waals surface area contributed by atoms with Gasteiger partial charge in [0.15, 0.2) is 11.5 Å². The Hall–Kier alpha value is -3.25.